The van der Waals surface area contributed by atoms with E-state index in [0.717, 1.165) is 25.2 Å². The number of halogens is 1. The zero-order valence-electron chi connectivity index (χ0n) is 10.6. The molecule has 0 N–H and O–H groups in total. The number of nitrogens with zero attached hydrogens (tertiary/aromatic N) is 2. The molecule has 0 saturated heterocycles. The molecule has 3 rings (SSSR count). The molecule has 0 amide bonds. The highest BCUT2D eigenvalue weighted by atomic mass is 35.5. The molecule has 1 aliphatic rings. The monoisotopic (exact) mass is 274 g/mol. The Labute approximate surface area is 117 Å². The maximum atomic E-state index is 5.89. The molecule has 2 aromatic rings. The average molecular weight is 275 g/mol. The minimum Gasteiger partial charge on any atom is -0.476 e. The minimum atomic E-state index is 0.482. The number of pyridine rings is 1. The summed E-state index contributed by atoms with van der Waals surface area (Å²) in [7, 11) is 0. The summed E-state index contributed by atoms with van der Waals surface area (Å²) in [6.45, 7) is 3.30. The van der Waals surface area contributed by atoms with Crippen molar-refractivity contribution < 1.29 is 4.74 Å². The summed E-state index contributed by atoms with van der Waals surface area (Å²) in [6.07, 6.45) is 0. The van der Waals surface area contributed by atoms with Gasteiger partial charge in [-0.25, -0.2) is 4.98 Å². The Morgan fingerprint density at radius 1 is 1.16 bits per heavy atom. The number of hydrogen-bond acceptors (Lipinski definition) is 3. The van der Waals surface area contributed by atoms with E-state index >= 15 is 0 Å². The van der Waals surface area contributed by atoms with Gasteiger partial charge in [-0.2, -0.15) is 0 Å². The summed E-state index contributed by atoms with van der Waals surface area (Å²) in [5.41, 5.74) is 2.41. The van der Waals surface area contributed by atoms with E-state index in [1.54, 1.807) is 0 Å². The highest BCUT2D eigenvalue weighted by Gasteiger charge is 2.16. The maximum absolute atomic E-state index is 5.89. The lowest BCUT2D eigenvalue weighted by Gasteiger charge is -2.19. The van der Waals surface area contributed by atoms with Crippen LogP contribution in [0.25, 0.3) is 0 Å². The highest BCUT2D eigenvalue weighted by Crippen LogP contribution is 2.23. The SMILES string of the molecule is Clc1ccc2c(n1)OCCN(Cc1ccccc1)C2. The van der Waals surface area contributed by atoms with Crippen LogP contribution in [0, 0.1) is 0 Å². The van der Waals surface area contributed by atoms with E-state index in [1.165, 1.54) is 5.56 Å². The van der Waals surface area contributed by atoms with Gasteiger partial charge in [0.1, 0.15) is 11.8 Å². The second-order valence-electron chi connectivity index (χ2n) is 4.64. The Balaban J connectivity index is 1.77. The van der Waals surface area contributed by atoms with Gasteiger partial charge in [-0.05, 0) is 17.7 Å². The molecule has 19 heavy (non-hydrogen) atoms. The second-order valence-corrected chi connectivity index (χ2v) is 5.03. The van der Waals surface area contributed by atoms with Crippen LogP contribution in [0.1, 0.15) is 11.1 Å². The van der Waals surface area contributed by atoms with Crippen molar-refractivity contribution in [1.82, 2.24) is 9.88 Å². The van der Waals surface area contributed by atoms with Crippen LogP contribution in [0.4, 0.5) is 0 Å². The van der Waals surface area contributed by atoms with E-state index < -0.39 is 0 Å². The van der Waals surface area contributed by atoms with E-state index in [9.17, 15) is 0 Å². The molecule has 0 saturated carbocycles. The number of benzene rings is 1. The molecule has 0 bridgehead atoms. The molecule has 4 heteroatoms. The van der Waals surface area contributed by atoms with E-state index in [4.69, 9.17) is 16.3 Å². The van der Waals surface area contributed by atoms with Crippen molar-refractivity contribution >= 4 is 11.6 Å². The summed E-state index contributed by atoms with van der Waals surface area (Å²) in [6, 6.07) is 14.3. The molecular formula is C15H15ClN2O. The summed E-state index contributed by atoms with van der Waals surface area (Å²) in [5, 5.41) is 0.482. The highest BCUT2D eigenvalue weighted by molar-refractivity contribution is 6.29. The molecule has 3 nitrogen and oxygen atoms in total. The van der Waals surface area contributed by atoms with E-state index in [-0.39, 0.29) is 0 Å². The van der Waals surface area contributed by atoms with Crippen LogP contribution in [0.15, 0.2) is 42.5 Å². The largest absolute Gasteiger partial charge is 0.476 e. The van der Waals surface area contributed by atoms with Gasteiger partial charge in [0.05, 0.1) is 0 Å². The van der Waals surface area contributed by atoms with Crippen molar-refractivity contribution in [3.05, 3.63) is 58.7 Å². The number of aromatic nitrogens is 1. The number of ether oxygens (including phenoxy) is 1. The molecule has 0 spiro atoms. The molecule has 1 aromatic carbocycles. The van der Waals surface area contributed by atoms with Gasteiger partial charge in [0, 0.05) is 25.2 Å². The Morgan fingerprint density at radius 2 is 2.00 bits per heavy atom. The summed E-state index contributed by atoms with van der Waals surface area (Å²) in [4.78, 5) is 6.59. The van der Waals surface area contributed by atoms with E-state index in [2.05, 4.69) is 34.1 Å². The Bertz CT molecular complexity index is 559. The average Bonchev–Trinajstić information content (AvgIpc) is 2.61. The quantitative estimate of drug-likeness (QED) is 0.787. The number of hydrogen-bond donors (Lipinski definition) is 0. The standard InChI is InChI=1S/C15H15ClN2O/c16-14-7-6-13-11-18(8-9-19-15(13)17-14)10-12-4-2-1-3-5-12/h1-7H,8-11H2. The van der Waals surface area contributed by atoms with Gasteiger partial charge in [0.25, 0.3) is 0 Å². The third-order valence-corrected chi connectivity index (χ3v) is 3.40. The van der Waals surface area contributed by atoms with Gasteiger partial charge < -0.3 is 4.74 Å². The first kappa shape index (κ1) is 12.5. The van der Waals surface area contributed by atoms with Crippen LogP contribution in [-0.4, -0.2) is 23.0 Å². The van der Waals surface area contributed by atoms with Crippen molar-refractivity contribution in [2.45, 2.75) is 13.1 Å². The van der Waals surface area contributed by atoms with Crippen LogP contribution >= 0.6 is 11.6 Å². The first-order chi connectivity index (χ1) is 9.31. The first-order valence-corrected chi connectivity index (χ1v) is 6.73. The third kappa shape index (κ3) is 3.06. The van der Waals surface area contributed by atoms with Gasteiger partial charge in [-0.1, -0.05) is 41.9 Å². The van der Waals surface area contributed by atoms with E-state index in [0.29, 0.717) is 17.6 Å². The fourth-order valence-electron chi connectivity index (χ4n) is 2.26. The van der Waals surface area contributed by atoms with Crippen LogP contribution in [-0.2, 0) is 13.1 Å². The minimum absolute atomic E-state index is 0.482. The zero-order chi connectivity index (χ0) is 13.1. The summed E-state index contributed by atoms with van der Waals surface area (Å²) < 4.78 is 5.66. The van der Waals surface area contributed by atoms with Crippen molar-refractivity contribution in [1.29, 1.82) is 0 Å². The number of rotatable bonds is 2. The Morgan fingerprint density at radius 3 is 2.84 bits per heavy atom. The lowest BCUT2D eigenvalue weighted by atomic mass is 10.2. The predicted octanol–water partition coefficient (Wildman–Crippen LogP) is 3.13. The topological polar surface area (TPSA) is 25.4 Å². The Kier molecular flexibility index (Phi) is 3.67. The summed E-state index contributed by atoms with van der Waals surface area (Å²) >= 11 is 5.89. The molecule has 1 aromatic heterocycles. The second kappa shape index (κ2) is 5.59. The summed E-state index contributed by atoms with van der Waals surface area (Å²) in [5.74, 6) is 0.670. The van der Waals surface area contributed by atoms with Crippen molar-refractivity contribution in [3.63, 3.8) is 0 Å². The normalized spacial score (nSPS) is 15.4. The Hall–Kier alpha value is -1.58. The van der Waals surface area contributed by atoms with Crippen molar-refractivity contribution in [2.75, 3.05) is 13.2 Å². The van der Waals surface area contributed by atoms with Crippen LogP contribution in [0.5, 0.6) is 5.88 Å². The fraction of sp³-hybridized carbons (Fsp3) is 0.267. The molecule has 0 aliphatic carbocycles. The predicted molar refractivity (Wildman–Crippen MR) is 75.3 cm³/mol. The molecule has 0 atom stereocenters. The molecule has 0 unspecified atom stereocenters. The third-order valence-electron chi connectivity index (χ3n) is 3.19. The van der Waals surface area contributed by atoms with Crippen molar-refractivity contribution in [2.24, 2.45) is 0 Å². The lowest BCUT2D eigenvalue weighted by molar-refractivity contribution is 0.217. The molecule has 2 heterocycles. The van der Waals surface area contributed by atoms with Gasteiger partial charge in [-0.15, -0.1) is 0 Å². The molecule has 98 valence electrons. The van der Waals surface area contributed by atoms with Gasteiger partial charge in [0.2, 0.25) is 5.88 Å². The van der Waals surface area contributed by atoms with Crippen LogP contribution < -0.4 is 4.74 Å². The van der Waals surface area contributed by atoms with Crippen molar-refractivity contribution in [3.8, 4) is 5.88 Å². The number of fused-ring (bicyclic) bond motifs is 1. The first-order valence-electron chi connectivity index (χ1n) is 6.36. The van der Waals surface area contributed by atoms with Crippen LogP contribution in [0.3, 0.4) is 0 Å². The molecule has 1 aliphatic heterocycles. The fourth-order valence-corrected chi connectivity index (χ4v) is 2.40. The lowest BCUT2D eigenvalue weighted by Crippen LogP contribution is -2.25. The maximum Gasteiger partial charge on any atom is 0.219 e. The smallest absolute Gasteiger partial charge is 0.219 e. The van der Waals surface area contributed by atoms with Gasteiger partial charge >= 0.3 is 0 Å². The van der Waals surface area contributed by atoms with Crippen LogP contribution in [0.2, 0.25) is 5.15 Å². The van der Waals surface area contributed by atoms with E-state index in [1.807, 2.05) is 18.2 Å². The van der Waals surface area contributed by atoms with Gasteiger partial charge in [0.15, 0.2) is 0 Å². The molecular weight excluding hydrogens is 260 g/mol. The zero-order valence-corrected chi connectivity index (χ0v) is 11.3. The molecule has 0 radical (unpaired) electrons. The van der Waals surface area contributed by atoms with Gasteiger partial charge in [-0.3, -0.25) is 4.90 Å². The molecule has 0 fully saturated rings.